The van der Waals surface area contributed by atoms with E-state index in [0.717, 1.165) is 18.2 Å². The summed E-state index contributed by atoms with van der Waals surface area (Å²) < 4.78 is 28.8. The van der Waals surface area contributed by atoms with E-state index in [9.17, 15) is 23.5 Å². The Hall–Kier alpha value is -1.73. The molecule has 110 valence electrons. The number of aliphatic hydroxyl groups is 1. The minimum absolute atomic E-state index is 0.00640. The zero-order valence-electron chi connectivity index (χ0n) is 10.1. The smallest absolute Gasteiger partial charge is 0.387 e. The number of Topliss-reactive ketones (excluding diaryl/α,β-unsaturated/α-hetero) is 1. The van der Waals surface area contributed by atoms with Gasteiger partial charge in [0.15, 0.2) is 11.9 Å². The van der Waals surface area contributed by atoms with Crippen LogP contribution >= 0.6 is 11.6 Å². The highest BCUT2D eigenvalue weighted by Gasteiger charge is 2.21. The Morgan fingerprint density at radius 2 is 2.00 bits per heavy atom. The molecule has 0 heterocycles. The number of alkyl halides is 3. The van der Waals surface area contributed by atoms with Gasteiger partial charge < -0.3 is 14.9 Å². The van der Waals surface area contributed by atoms with Crippen LogP contribution in [0, 0.1) is 0 Å². The summed E-state index contributed by atoms with van der Waals surface area (Å²) in [5.74, 6) is -2.56. The molecule has 0 amide bonds. The number of halogens is 3. The summed E-state index contributed by atoms with van der Waals surface area (Å²) in [6, 6.07) is 3.17. The van der Waals surface area contributed by atoms with Gasteiger partial charge >= 0.3 is 12.6 Å². The number of benzene rings is 1. The van der Waals surface area contributed by atoms with Gasteiger partial charge in [0.05, 0.1) is 5.56 Å². The third kappa shape index (κ3) is 4.14. The Morgan fingerprint density at radius 3 is 2.50 bits per heavy atom. The summed E-state index contributed by atoms with van der Waals surface area (Å²) in [6.07, 6.45) is -1.98. The number of aliphatic hydroxyl groups excluding tert-OH is 1. The van der Waals surface area contributed by atoms with Gasteiger partial charge in [0.2, 0.25) is 0 Å². The fourth-order valence-electron chi connectivity index (χ4n) is 1.50. The number of ether oxygens (including phenoxy) is 1. The van der Waals surface area contributed by atoms with Crippen molar-refractivity contribution in [2.24, 2.45) is 0 Å². The van der Waals surface area contributed by atoms with Gasteiger partial charge in [-0.3, -0.25) is 4.79 Å². The molecule has 1 aromatic carbocycles. The second-order valence-electron chi connectivity index (χ2n) is 3.74. The molecule has 0 radical (unpaired) electrons. The van der Waals surface area contributed by atoms with Crippen LogP contribution < -0.4 is 4.74 Å². The SMILES string of the molecule is O=C(CCCl)c1ccc(C(O)C(=O)O)cc1OC(F)F. The zero-order valence-corrected chi connectivity index (χ0v) is 10.8. The fraction of sp³-hybridized carbons (Fsp3) is 0.333. The highest BCUT2D eigenvalue weighted by Crippen LogP contribution is 2.27. The Morgan fingerprint density at radius 1 is 1.35 bits per heavy atom. The number of rotatable bonds is 7. The van der Waals surface area contributed by atoms with E-state index in [1.807, 2.05) is 0 Å². The normalized spacial score (nSPS) is 12.2. The molecule has 20 heavy (non-hydrogen) atoms. The van der Waals surface area contributed by atoms with E-state index in [0.29, 0.717) is 0 Å². The number of hydrogen-bond donors (Lipinski definition) is 2. The van der Waals surface area contributed by atoms with Gasteiger partial charge in [0.25, 0.3) is 0 Å². The first-order chi connectivity index (χ1) is 9.36. The first kappa shape index (κ1) is 16.3. The number of carbonyl (C=O) groups is 2. The maximum Gasteiger partial charge on any atom is 0.387 e. The van der Waals surface area contributed by atoms with Crippen LogP contribution in [0.3, 0.4) is 0 Å². The predicted octanol–water partition coefficient (Wildman–Crippen LogP) is 2.22. The van der Waals surface area contributed by atoms with Crippen molar-refractivity contribution in [2.75, 3.05) is 5.88 Å². The summed E-state index contributed by atoms with van der Waals surface area (Å²) in [4.78, 5) is 22.3. The summed E-state index contributed by atoms with van der Waals surface area (Å²) in [5.41, 5.74) is -0.317. The van der Waals surface area contributed by atoms with Gasteiger partial charge in [-0.05, 0) is 17.7 Å². The van der Waals surface area contributed by atoms with E-state index >= 15 is 0 Å². The number of aliphatic carboxylic acids is 1. The van der Waals surface area contributed by atoms with Crippen LogP contribution in [-0.4, -0.2) is 34.5 Å². The van der Waals surface area contributed by atoms with Crippen LogP contribution in [0.1, 0.15) is 28.4 Å². The Kier molecular flexibility index (Phi) is 5.84. The van der Waals surface area contributed by atoms with Crippen LogP contribution in [0.2, 0.25) is 0 Å². The molecule has 0 bridgehead atoms. The van der Waals surface area contributed by atoms with Gasteiger partial charge in [-0.25, -0.2) is 4.79 Å². The number of carbonyl (C=O) groups excluding carboxylic acids is 1. The van der Waals surface area contributed by atoms with E-state index in [4.69, 9.17) is 16.7 Å². The van der Waals surface area contributed by atoms with E-state index in [1.165, 1.54) is 0 Å². The summed E-state index contributed by atoms with van der Waals surface area (Å²) in [7, 11) is 0. The van der Waals surface area contributed by atoms with Gasteiger partial charge in [0.1, 0.15) is 5.75 Å². The lowest BCUT2D eigenvalue weighted by Gasteiger charge is -2.13. The lowest BCUT2D eigenvalue weighted by molar-refractivity contribution is -0.146. The van der Waals surface area contributed by atoms with Crippen LogP contribution in [0.15, 0.2) is 18.2 Å². The second-order valence-corrected chi connectivity index (χ2v) is 4.11. The van der Waals surface area contributed by atoms with Gasteiger partial charge in [0, 0.05) is 12.3 Å². The minimum Gasteiger partial charge on any atom is -0.479 e. The Bertz CT molecular complexity index is 507. The molecule has 0 saturated carbocycles. The molecule has 1 aromatic rings. The van der Waals surface area contributed by atoms with E-state index in [1.54, 1.807) is 0 Å². The molecule has 2 N–H and O–H groups in total. The Labute approximate surface area is 117 Å². The molecule has 0 aliphatic carbocycles. The van der Waals surface area contributed by atoms with Crippen LogP contribution in [0.25, 0.3) is 0 Å². The van der Waals surface area contributed by atoms with E-state index < -0.39 is 30.2 Å². The summed E-state index contributed by atoms with van der Waals surface area (Å²) in [5, 5.41) is 18.0. The third-order valence-electron chi connectivity index (χ3n) is 2.39. The molecular formula is C12H11ClF2O5. The first-order valence-corrected chi connectivity index (χ1v) is 5.99. The maximum absolute atomic E-state index is 12.3. The molecule has 0 aromatic heterocycles. The minimum atomic E-state index is -3.19. The molecule has 1 rings (SSSR count). The molecule has 0 aliphatic heterocycles. The molecule has 0 saturated heterocycles. The molecule has 8 heteroatoms. The summed E-state index contributed by atoms with van der Waals surface area (Å²) in [6.45, 7) is -3.19. The van der Waals surface area contributed by atoms with Crippen molar-refractivity contribution in [1.82, 2.24) is 0 Å². The fourth-order valence-corrected chi connectivity index (χ4v) is 1.67. The standard InChI is InChI=1S/C12H11ClF2O5/c13-4-3-8(16)7-2-1-6(10(17)11(18)19)5-9(7)20-12(14)15/h1-2,5,10,12,17H,3-4H2,(H,18,19). The maximum atomic E-state index is 12.3. The van der Waals surface area contributed by atoms with Crippen molar-refractivity contribution in [3.8, 4) is 5.75 Å². The van der Waals surface area contributed by atoms with Crippen molar-refractivity contribution >= 4 is 23.4 Å². The molecule has 1 unspecified atom stereocenters. The number of ketones is 1. The predicted molar refractivity (Wildman–Crippen MR) is 65.3 cm³/mol. The van der Waals surface area contributed by atoms with Gasteiger partial charge in [-0.1, -0.05) is 6.07 Å². The van der Waals surface area contributed by atoms with E-state index in [-0.39, 0.29) is 23.4 Å². The Balaban J connectivity index is 3.19. The first-order valence-electron chi connectivity index (χ1n) is 5.45. The second kappa shape index (κ2) is 7.16. The highest BCUT2D eigenvalue weighted by atomic mass is 35.5. The molecule has 5 nitrogen and oxygen atoms in total. The van der Waals surface area contributed by atoms with Crippen molar-refractivity contribution in [3.05, 3.63) is 29.3 Å². The van der Waals surface area contributed by atoms with Crippen LogP contribution in [-0.2, 0) is 4.79 Å². The van der Waals surface area contributed by atoms with Gasteiger partial charge in [-0.15, -0.1) is 11.6 Å². The quantitative estimate of drug-likeness (QED) is 0.596. The third-order valence-corrected chi connectivity index (χ3v) is 2.58. The molecule has 0 aliphatic rings. The largest absolute Gasteiger partial charge is 0.479 e. The van der Waals surface area contributed by atoms with Crippen molar-refractivity contribution < 1.29 is 33.3 Å². The number of hydrogen-bond acceptors (Lipinski definition) is 4. The number of carboxylic acid groups (broad SMARTS) is 1. The van der Waals surface area contributed by atoms with Crippen molar-refractivity contribution in [3.63, 3.8) is 0 Å². The van der Waals surface area contributed by atoms with Crippen molar-refractivity contribution in [1.29, 1.82) is 0 Å². The lowest BCUT2D eigenvalue weighted by Crippen LogP contribution is -2.13. The monoisotopic (exact) mass is 308 g/mol. The average Bonchev–Trinajstić information content (AvgIpc) is 2.37. The molecule has 0 fully saturated rings. The van der Waals surface area contributed by atoms with Crippen molar-refractivity contribution in [2.45, 2.75) is 19.1 Å². The topological polar surface area (TPSA) is 83.8 Å². The molecule has 1 atom stereocenters. The average molecular weight is 309 g/mol. The van der Waals surface area contributed by atoms with Crippen LogP contribution in [0.5, 0.6) is 5.75 Å². The highest BCUT2D eigenvalue weighted by molar-refractivity contribution is 6.19. The zero-order chi connectivity index (χ0) is 15.3. The number of carboxylic acids is 1. The lowest BCUT2D eigenvalue weighted by atomic mass is 10.0. The molecule has 0 spiro atoms. The molecular weight excluding hydrogens is 298 g/mol. The van der Waals surface area contributed by atoms with E-state index in [2.05, 4.69) is 4.74 Å². The van der Waals surface area contributed by atoms with Crippen LogP contribution in [0.4, 0.5) is 8.78 Å². The summed E-state index contributed by atoms with van der Waals surface area (Å²) >= 11 is 5.40. The van der Waals surface area contributed by atoms with Gasteiger partial charge in [-0.2, -0.15) is 8.78 Å².